The van der Waals surface area contributed by atoms with Gasteiger partial charge in [-0.05, 0) is 37.1 Å². The molecule has 1 spiro atoms. The van der Waals surface area contributed by atoms with Crippen molar-refractivity contribution in [1.29, 1.82) is 0 Å². The number of carbonyl (C=O) groups excluding carboxylic acids is 1. The van der Waals surface area contributed by atoms with Crippen LogP contribution in [0.1, 0.15) is 23.2 Å². The Morgan fingerprint density at radius 2 is 1.75 bits per heavy atom. The molecule has 0 bridgehead atoms. The van der Waals surface area contributed by atoms with Crippen LogP contribution in [0.15, 0.2) is 24.3 Å². The molecule has 0 aromatic heterocycles. The molecule has 7 heteroatoms. The average Bonchev–Trinajstić information content (AvgIpc) is 2.72. The van der Waals surface area contributed by atoms with Gasteiger partial charge in [0.15, 0.2) is 0 Å². The summed E-state index contributed by atoms with van der Waals surface area (Å²) < 4.78 is 11.3. The Morgan fingerprint density at radius 1 is 1.00 bits per heavy atom. The Hall–Kier alpha value is -1.18. The highest BCUT2D eigenvalue weighted by atomic mass is 35.5. The number of ether oxygens (including phenoxy) is 2. The van der Waals surface area contributed by atoms with Crippen LogP contribution in [-0.2, 0) is 9.47 Å². The van der Waals surface area contributed by atoms with Crippen LogP contribution in [0.3, 0.4) is 0 Å². The molecule has 4 aliphatic heterocycles. The summed E-state index contributed by atoms with van der Waals surface area (Å²) in [6, 6.07) is 8.16. The van der Waals surface area contributed by atoms with Crippen LogP contribution >= 0.6 is 11.6 Å². The molecule has 4 saturated heterocycles. The van der Waals surface area contributed by atoms with Crippen LogP contribution < -0.4 is 0 Å². The molecule has 0 saturated carbocycles. The average molecular weight is 406 g/mol. The number of fused-ring (bicyclic) bond motifs is 2. The lowest BCUT2D eigenvalue weighted by atomic mass is 9.80. The van der Waals surface area contributed by atoms with E-state index in [1.54, 1.807) is 12.1 Å². The van der Waals surface area contributed by atoms with E-state index in [1.165, 1.54) is 0 Å². The third-order valence-corrected chi connectivity index (χ3v) is 7.09. The van der Waals surface area contributed by atoms with Crippen LogP contribution in [0.2, 0.25) is 5.02 Å². The maximum atomic E-state index is 13.2. The fourth-order valence-electron chi connectivity index (χ4n) is 5.43. The van der Waals surface area contributed by atoms with Crippen molar-refractivity contribution in [3.05, 3.63) is 34.9 Å². The molecule has 1 amide bonds. The number of benzene rings is 1. The molecule has 1 unspecified atom stereocenters. The SMILES string of the molecule is O=C(c1ccc(Cl)cc1)N1CC2COCCN2C2(C1)CN(C1CCOCC1)C2. The fraction of sp³-hybridized carbons (Fsp3) is 0.667. The minimum atomic E-state index is 0.0626. The largest absolute Gasteiger partial charge is 0.381 e. The smallest absolute Gasteiger partial charge is 0.253 e. The summed E-state index contributed by atoms with van der Waals surface area (Å²) in [5.74, 6) is 0.103. The van der Waals surface area contributed by atoms with E-state index < -0.39 is 0 Å². The highest BCUT2D eigenvalue weighted by Crippen LogP contribution is 2.38. The van der Waals surface area contributed by atoms with Crippen molar-refractivity contribution in [3.63, 3.8) is 0 Å². The van der Waals surface area contributed by atoms with Gasteiger partial charge in [-0.25, -0.2) is 0 Å². The van der Waals surface area contributed by atoms with Gasteiger partial charge in [0, 0.05) is 62.6 Å². The second-order valence-corrected chi connectivity index (χ2v) is 9.02. The van der Waals surface area contributed by atoms with Crippen LogP contribution in [0.4, 0.5) is 0 Å². The standard InChI is InChI=1S/C21H28ClN3O3/c22-17-3-1-16(2-4-17)20(26)23-11-19-12-28-10-7-25(19)21(13-23)14-24(15-21)18-5-8-27-9-6-18/h1-4,18-19H,5-15H2. The zero-order valence-corrected chi connectivity index (χ0v) is 16.9. The number of carbonyl (C=O) groups is 1. The Kier molecular flexibility index (Phi) is 5.09. The molecule has 1 atom stereocenters. The van der Waals surface area contributed by atoms with Crippen molar-refractivity contribution >= 4 is 17.5 Å². The van der Waals surface area contributed by atoms with Gasteiger partial charge in [-0.2, -0.15) is 0 Å². The van der Waals surface area contributed by atoms with Crippen molar-refractivity contribution in [1.82, 2.24) is 14.7 Å². The molecule has 1 aromatic rings. The maximum absolute atomic E-state index is 13.2. The van der Waals surface area contributed by atoms with Crippen LogP contribution in [0.5, 0.6) is 0 Å². The number of likely N-dealkylation sites (tertiary alicyclic amines) is 1. The summed E-state index contributed by atoms with van der Waals surface area (Å²) in [6.07, 6.45) is 2.24. The van der Waals surface area contributed by atoms with Gasteiger partial charge in [0.2, 0.25) is 0 Å². The maximum Gasteiger partial charge on any atom is 0.253 e. The molecule has 0 N–H and O–H groups in total. The number of amides is 1. The number of hydrogen-bond donors (Lipinski definition) is 0. The lowest BCUT2D eigenvalue weighted by Gasteiger charge is -2.64. The molecule has 5 rings (SSSR count). The summed E-state index contributed by atoms with van der Waals surface area (Å²) in [5.41, 5.74) is 0.776. The molecule has 4 fully saturated rings. The molecule has 6 nitrogen and oxygen atoms in total. The monoisotopic (exact) mass is 405 g/mol. The zero-order chi connectivity index (χ0) is 19.1. The number of hydrogen-bond acceptors (Lipinski definition) is 5. The van der Waals surface area contributed by atoms with Crippen LogP contribution in [-0.4, -0.2) is 97.4 Å². The number of nitrogens with zero attached hydrogens (tertiary/aromatic N) is 3. The van der Waals surface area contributed by atoms with E-state index in [9.17, 15) is 4.79 Å². The van der Waals surface area contributed by atoms with Crippen molar-refractivity contribution in [3.8, 4) is 0 Å². The first-order valence-electron chi connectivity index (χ1n) is 10.4. The molecule has 1 aromatic carbocycles. The van der Waals surface area contributed by atoms with E-state index in [2.05, 4.69) is 9.80 Å². The molecule has 0 radical (unpaired) electrons. The minimum absolute atomic E-state index is 0.0626. The number of halogens is 1. The molecule has 4 heterocycles. The van der Waals surface area contributed by atoms with E-state index in [-0.39, 0.29) is 17.5 Å². The number of rotatable bonds is 2. The number of piperazine rings is 1. The van der Waals surface area contributed by atoms with Gasteiger partial charge < -0.3 is 14.4 Å². The third kappa shape index (κ3) is 3.35. The summed E-state index contributed by atoms with van der Waals surface area (Å²) in [4.78, 5) is 20.5. The zero-order valence-electron chi connectivity index (χ0n) is 16.2. The van der Waals surface area contributed by atoms with Gasteiger partial charge in [-0.1, -0.05) is 11.6 Å². The molecule has 152 valence electrons. The Balaban J connectivity index is 1.34. The highest BCUT2D eigenvalue weighted by molar-refractivity contribution is 6.30. The first kappa shape index (κ1) is 18.8. The van der Waals surface area contributed by atoms with Gasteiger partial charge in [0.1, 0.15) is 0 Å². The quantitative estimate of drug-likeness (QED) is 0.749. The predicted octanol–water partition coefficient (Wildman–Crippen LogP) is 1.73. The summed E-state index contributed by atoms with van der Waals surface area (Å²) in [6.45, 7) is 7.83. The minimum Gasteiger partial charge on any atom is -0.381 e. The molecular weight excluding hydrogens is 378 g/mol. The van der Waals surface area contributed by atoms with Gasteiger partial charge in [0.05, 0.1) is 24.8 Å². The molecule has 0 aliphatic carbocycles. The van der Waals surface area contributed by atoms with Crippen molar-refractivity contribution < 1.29 is 14.3 Å². The first-order chi connectivity index (χ1) is 13.6. The number of morpholine rings is 1. The lowest BCUT2D eigenvalue weighted by Crippen LogP contribution is -2.81. The Bertz CT molecular complexity index is 716. The second kappa shape index (κ2) is 7.58. The van der Waals surface area contributed by atoms with Crippen molar-refractivity contribution in [2.24, 2.45) is 0 Å². The van der Waals surface area contributed by atoms with Gasteiger partial charge in [0.25, 0.3) is 5.91 Å². The first-order valence-corrected chi connectivity index (χ1v) is 10.7. The summed E-state index contributed by atoms with van der Waals surface area (Å²) >= 11 is 6.00. The van der Waals surface area contributed by atoms with E-state index in [0.717, 1.165) is 65.4 Å². The van der Waals surface area contributed by atoms with E-state index in [0.29, 0.717) is 23.2 Å². The molecular formula is C21H28ClN3O3. The van der Waals surface area contributed by atoms with E-state index in [1.807, 2.05) is 17.0 Å². The Labute approximate surface area is 171 Å². The lowest BCUT2D eigenvalue weighted by molar-refractivity contribution is -0.171. The van der Waals surface area contributed by atoms with Crippen LogP contribution in [0.25, 0.3) is 0 Å². The van der Waals surface area contributed by atoms with E-state index >= 15 is 0 Å². The Morgan fingerprint density at radius 3 is 2.50 bits per heavy atom. The van der Waals surface area contributed by atoms with Gasteiger partial charge in [-0.15, -0.1) is 0 Å². The normalized spacial score (nSPS) is 28.8. The van der Waals surface area contributed by atoms with Crippen molar-refractivity contribution in [2.75, 3.05) is 59.2 Å². The van der Waals surface area contributed by atoms with Gasteiger partial charge in [-0.3, -0.25) is 14.6 Å². The van der Waals surface area contributed by atoms with Gasteiger partial charge >= 0.3 is 0 Å². The molecule has 4 aliphatic rings. The topological polar surface area (TPSA) is 45.2 Å². The third-order valence-electron chi connectivity index (χ3n) is 6.83. The van der Waals surface area contributed by atoms with Crippen molar-refractivity contribution in [2.45, 2.75) is 30.5 Å². The summed E-state index contributed by atoms with van der Waals surface area (Å²) in [7, 11) is 0. The second-order valence-electron chi connectivity index (χ2n) is 8.59. The highest BCUT2D eigenvalue weighted by Gasteiger charge is 2.56. The fourth-order valence-corrected chi connectivity index (χ4v) is 5.55. The van der Waals surface area contributed by atoms with Crippen LogP contribution in [0, 0.1) is 0 Å². The molecule has 28 heavy (non-hydrogen) atoms. The predicted molar refractivity (Wildman–Crippen MR) is 107 cm³/mol. The summed E-state index contributed by atoms with van der Waals surface area (Å²) in [5, 5.41) is 0.657. The van der Waals surface area contributed by atoms with E-state index in [4.69, 9.17) is 21.1 Å².